The third-order valence-corrected chi connectivity index (χ3v) is 3.19. The summed E-state index contributed by atoms with van der Waals surface area (Å²) in [5.74, 6) is -2.09. The summed E-state index contributed by atoms with van der Waals surface area (Å²) in [4.78, 5) is 35.0. The molecule has 0 heterocycles. The van der Waals surface area contributed by atoms with Gasteiger partial charge < -0.3 is 21.5 Å². The Bertz CT molecular complexity index is 775. The fraction of sp³-hybridized carbons (Fsp3) is 0.118. The maximum absolute atomic E-state index is 12.4. The van der Waals surface area contributed by atoms with E-state index in [-0.39, 0.29) is 17.2 Å². The van der Waals surface area contributed by atoms with Crippen molar-refractivity contribution in [2.75, 3.05) is 11.1 Å². The number of hydrogen-bond acceptors (Lipinski definition) is 4. The third kappa shape index (κ3) is 4.33. The molecule has 7 nitrogen and oxygen atoms in total. The molecule has 0 fully saturated rings. The highest BCUT2D eigenvalue weighted by Crippen LogP contribution is 2.19. The normalized spacial score (nSPS) is 11.4. The number of amides is 2. The Morgan fingerprint density at radius 2 is 1.75 bits per heavy atom. The molecule has 1 unspecified atom stereocenters. The van der Waals surface area contributed by atoms with Crippen LogP contribution in [0.5, 0.6) is 0 Å². The smallest absolute Gasteiger partial charge is 0.330 e. The van der Waals surface area contributed by atoms with Crippen molar-refractivity contribution >= 4 is 29.2 Å². The number of hydrogen-bond donors (Lipinski definition) is 4. The first-order valence-corrected chi connectivity index (χ1v) is 7.13. The topological polar surface area (TPSA) is 122 Å². The summed E-state index contributed by atoms with van der Waals surface area (Å²) in [7, 11) is 0. The predicted molar refractivity (Wildman–Crippen MR) is 89.4 cm³/mol. The van der Waals surface area contributed by atoms with Crippen molar-refractivity contribution in [3.63, 3.8) is 0 Å². The minimum atomic E-state index is -1.19. The number of nitrogens with one attached hydrogen (secondary N) is 2. The standard InChI is InChI=1S/C17H17N3O4/c1-10(21)19-14-8-12(7-13(18)9-14)16(22)20-15(17(23)24)11-5-3-2-4-6-11/h2-9,15H,18H2,1H3,(H,19,21)(H,20,22)(H,23,24). The van der Waals surface area contributed by atoms with E-state index in [9.17, 15) is 19.5 Å². The molecule has 0 saturated heterocycles. The van der Waals surface area contributed by atoms with Crippen LogP contribution in [-0.4, -0.2) is 22.9 Å². The molecule has 0 aliphatic heterocycles. The van der Waals surface area contributed by atoms with E-state index in [1.54, 1.807) is 30.3 Å². The van der Waals surface area contributed by atoms with Crippen LogP contribution in [0, 0.1) is 0 Å². The molecule has 0 aliphatic carbocycles. The Labute approximate surface area is 138 Å². The minimum absolute atomic E-state index is 0.154. The molecule has 0 aliphatic rings. The van der Waals surface area contributed by atoms with Crippen molar-refractivity contribution in [2.24, 2.45) is 0 Å². The van der Waals surface area contributed by atoms with Crippen LogP contribution in [0.1, 0.15) is 28.9 Å². The zero-order valence-electron chi connectivity index (χ0n) is 12.9. The lowest BCUT2D eigenvalue weighted by molar-refractivity contribution is -0.139. The Hall–Kier alpha value is -3.35. The van der Waals surface area contributed by atoms with Crippen LogP contribution in [0.4, 0.5) is 11.4 Å². The first-order chi connectivity index (χ1) is 11.4. The summed E-state index contributed by atoms with van der Waals surface area (Å²) in [5.41, 5.74) is 6.97. The highest BCUT2D eigenvalue weighted by atomic mass is 16.4. The number of rotatable bonds is 5. The van der Waals surface area contributed by atoms with Gasteiger partial charge in [0.25, 0.3) is 5.91 Å². The van der Waals surface area contributed by atoms with Gasteiger partial charge in [-0.05, 0) is 23.8 Å². The summed E-state index contributed by atoms with van der Waals surface area (Å²) in [6.45, 7) is 1.33. The molecule has 0 aromatic heterocycles. The molecule has 7 heteroatoms. The molecule has 5 N–H and O–H groups in total. The summed E-state index contributed by atoms with van der Waals surface area (Å²) in [6, 6.07) is 11.5. The van der Waals surface area contributed by atoms with Gasteiger partial charge in [-0.1, -0.05) is 30.3 Å². The number of nitrogens with two attached hydrogens (primary N) is 1. The van der Waals surface area contributed by atoms with Crippen LogP contribution in [0.2, 0.25) is 0 Å². The largest absolute Gasteiger partial charge is 0.479 e. The molecule has 0 radical (unpaired) electrons. The number of benzene rings is 2. The Morgan fingerprint density at radius 1 is 1.08 bits per heavy atom. The molecule has 2 aromatic carbocycles. The number of carboxylic acids is 1. The van der Waals surface area contributed by atoms with Gasteiger partial charge in [-0.2, -0.15) is 0 Å². The number of carbonyl (C=O) groups excluding carboxylic acids is 2. The summed E-state index contributed by atoms with van der Waals surface area (Å²) in [6.07, 6.45) is 0. The third-order valence-electron chi connectivity index (χ3n) is 3.19. The summed E-state index contributed by atoms with van der Waals surface area (Å²) in [5, 5.41) is 14.3. The minimum Gasteiger partial charge on any atom is -0.479 e. The lowest BCUT2D eigenvalue weighted by Gasteiger charge is -2.15. The van der Waals surface area contributed by atoms with Crippen molar-refractivity contribution in [3.8, 4) is 0 Å². The van der Waals surface area contributed by atoms with Crippen molar-refractivity contribution in [1.82, 2.24) is 5.32 Å². The first kappa shape index (κ1) is 17.0. The van der Waals surface area contributed by atoms with Crippen LogP contribution in [-0.2, 0) is 9.59 Å². The summed E-state index contributed by atoms with van der Waals surface area (Å²) < 4.78 is 0. The fourth-order valence-electron chi connectivity index (χ4n) is 2.21. The SMILES string of the molecule is CC(=O)Nc1cc(N)cc(C(=O)NC(C(=O)O)c2ccccc2)c1. The van der Waals surface area contributed by atoms with E-state index in [4.69, 9.17) is 5.73 Å². The van der Waals surface area contributed by atoms with Gasteiger partial charge in [-0.25, -0.2) is 4.79 Å². The van der Waals surface area contributed by atoms with Crippen LogP contribution in [0.3, 0.4) is 0 Å². The number of carboxylic acid groups (broad SMARTS) is 1. The second kappa shape index (κ2) is 7.28. The molecular formula is C17H17N3O4. The van der Waals surface area contributed by atoms with Crippen molar-refractivity contribution in [3.05, 3.63) is 59.7 Å². The number of carbonyl (C=O) groups is 3. The van der Waals surface area contributed by atoms with E-state index in [1.807, 2.05) is 0 Å². The van der Waals surface area contributed by atoms with E-state index in [0.29, 0.717) is 11.3 Å². The molecule has 1 atom stereocenters. The van der Waals surface area contributed by atoms with Gasteiger partial charge in [0, 0.05) is 23.9 Å². The van der Waals surface area contributed by atoms with Crippen LogP contribution >= 0.6 is 0 Å². The average Bonchev–Trinajstić information content (AvgIpc) is 2.51. The van der Waals surface area contributed by atoms with Gasteiger partial charge in [-0.3, -0.25) is 9.59 Å². The highest BCUT2D eigenvalue weighted by Gasteiger charge is 2.22. The van der Waals surface area contributed by atoms with Crippen LogP contribution in [0.25, 0.3) is 0 Å². The molecular weight excluding hydrogens is 310 g/mol. The highest BCUT2D eigenvalue weighted by molar-refractivity contribution is 5.99. The molecule has 0 bridgehead atoms. The van der Waals surface area contributed by atoms with E-state index in [0.717, 1.165) is 0 Å². The average molecular weight is 327 g/mol. The van der Waals surface area contributed by atoms with E-state index >= 15 is 0 Å². The van der Waals surface area contributed by atoms with Crippen LogP contribution in [0.15, 0.2) is 48.5 Å². The number of nitrogen functional groups attached to an aromatic ring is 1. The maximum Gasteiger partial charge on any atom is 0.330 e. The second-order valence-electron chi connectivity index (χ2n) is 5.18. The molecule has 24 heavy (non-hydrogen) atoms. The molecule has 0 spiro atoms. The van der Waals surface area contributed by atoms with Gasteiger partial charge in [0.1, 0.15) is 0 Å². The second-order valence-corrected chi connectivity index (χ2v) is 5.18. The van der Waals surface area contributed by atoms with Crippen molar-refractivity contribution in [2.45, 2.75) is 13.0 Å². The Morgan fingerprint density at radius 3 is 2.33 bits per heavy atom. The van der Waals surface area contributed by atoms with E-state index in [2.05, 4.69) is 10.6 Å². The molecule has 2 amide bonds. The van der Waals surface area contributed by atoms with E-state index < -0.39 is 17.9 Å². The van der Waals surface area contributed by atoms with Gasteiger partial charge in [0.15, 0.2) is 6.04 Å². The maximum atomic E-state index is 12.4. The van der Waals surface area contributed by atoms with Gasteiger partial charge >= 0.3 is 5.97 Å². The molecule has 2 rings (SSSR count). The lowest BCUT2D eigenvalue weighted by Crippen LogP contribution is -2.33. The monoisotopic (exact) mass is 327 g/mol. The predicted octanol–water partition coefficient (Wildman–Crippen LogP) is 1.78. The lowest BCUT2D eigenvalue weighted by atomic mass is 10.1. The molecule has 2 aromatic rings. The zero-order valence-corrected chi connectivity index (χ0v) is 12.9. The Kier molecular flexibility index (Phi) is 5.16. The van der Waals surface area contributed by atoms with Gasteiger partial charge in [0.05, 0.1) is 0 Å². The molecule has 124 valence electrons. The molecule has 0 saturated carbocycles. The van der Waals surface area contributed by atoms with Crippen molar-refractivity contribution in [1.29, 1.82) is 0 Å². The number of anilines is 2. The zero-order chi connectivity index (χ0) is 17.7. The van der Waals surface area contributed by atoms with Crippen molar-refractivity contribution < 1.29 is 19.5 Å². The van der Waals surface area contributed by atoms with E-state index in [1.165, 1.54) is 25.1 Å². The fourth-order valence-corrected chi connectivity index (χ4v) is 2.21. The summed E-state index contributed by atoms with van der Waals surface area (Å²) >= 11 is 0. The first-order valence-electron chi connectivity index (χ1n) is 7.13. The van der Waals surface area contributed by atoms with Gasteiger partial charge in [-0.15, -0.1) is 0 Å². The Balaban J connectivity index is 2.26. The van der Waals surface area contributed by atoms with Crippen LogP contribution < -0.4 is 16.4 Å². The van der Waals surface area contributed by atoms with Gasteiger partial charge in [0.2, 0.25) is 5.91 Å². The quantitative estimate of drug-likeness (QED) is 0.624. The number of aliphatic carboxylic acids is 1.